The van der Waals surface area contributed by atoms with Crippen LogP contribution in [0.1, 0.15) is 10.6 Å². The Bertz CT molecular complexity index is 919. The number of hydrogen-bond acceptors (Lipinski definition) is 6. The van der Waals surface area contributed by atoms with Gasteiger partial charge in [0.15, 0.2) is 14.9 Å². The van der Waals surface area contributed by atoms with Crippen LogP contribution in [0.3, 0.4) is 0 Å². The highest BCUT2D eigenvalue weighted by molar-refractivity contribution is 8.06. The van der Waals surface area contributed by atoms with Gasteiger partial charge in [0, 0.05) is 11.6 Å². The number of thiophene rings is 1. The molecular formula is C15H12N2O3S2. The molecule has 2 aromatic heterocycles. The van der Waals surface area contributed by atoms with Gasteiger partial charge in [-0.2, -0.15) is 5.10 Å². The van der Waals surface area contributed by atoms with Gasteiger partial charge in [-0.25, -0.2) is 8.42 Å². The second-order valence-corrected chi connectivity index (χ2v) is 7.46. The molecule has 0 spiro atoms. The summed E-state index contributed by atoms with van der Waals surface area (Å²) in [7, 11) is -3.45. The average Bonchev–Trinajstić information content (AvgIpc) is 3.10. The first-order valence-corrected chi connectivity index (χ1v) is 9.15. The summed E-state index contributed by atoms with van der Waals surface area (Å²) in [6, 6.07) is 12.8. The predicted molar refractivity (Wildman–Crippen MR) is 89.5 cm³/mol. The molecule has 5 nitrogen and oxygen atoms in total. The SMILES string of the molecule is CS(=O)(=O)/C(=N\N=Cc1cc2ccccc2o1)c1cccs1. The molecule has 0 bridgehead atoms. The summed E-state index contributed by atoms with van der Waals surface area (Å²) in [6.07, 6.45) is 2.51. The number of benzene rings is 1. The third-order valence-electron chi connectivity index (χ3n) is 2.86. The minimum Gasteiger partial charge on any atom is -0.455 e. The minimum absolute atomic E-state index is 0.0464. The zero-order chi connectivity index (χ0) is 15.6. The van der Waals surface area contributed by atoms with Gasteiger partial charge in [-0.1, -0.05) is 24.3 Å². The van der Waals surface area contributed by atoms with E-state index in [1.807, 2.05) is 30.3 Å². The van der Waals surface area contributed by atoms with E-state index >= 15 is 0 Å². The maximum absolute atomic E-state index is 11.8. The van der Waals surface area contributed by atoms with Crippen molar-refractivity contribution >= 4 is 43.4 Å². The highest BCUT2D eigenvalue weighted by atomic mass is 32.2. The van der Waals surface area contributed by atoms with Crippen LogP contribution in [0.4, 0.5) is 0 Å². The highest BCUT2D eigenvalue weighted by Crippen LogP contribution is 2.18. The first-order valence-electron chi connectivity index (χ1n) is 6.37. The Balaban J connectivity index is 1.93. The molecule has 112 valence electrons. The van der Waals surface area contributed by atoms with Gasteiger partial charge in [-0.15, -0.1) is 16.4 Å². The molecular weight excluding hydrogens is 320 g/mol. The molecule has 0 amide bonds. The van der Waals surface area contributed by atoms with Crippen molar-refractivity contribution in [3.05, 3.63) is 58.5 Å². The van der Waals surface area contributed by atoms with Gasteiger partial charge < -0.3 is 4.42 Å². The van der Waals surface area contributed by atoms with E-state index in [0.29, 0.717) is 10.6 Å². The normalized spacial score (nSPS) is 13.2. The molecule has 0 saturated heterocycles. The second-order valence-electron chi connectivity index (χ2n) is 4.59. The zero-order valence-electron chi connectivity index (χ0n) is 11.6. The Labute approximate surface area is 131 Å². The average molecular weight is 332 g/mol. The fourth-order valence-electron chi connectivity index (χ4n) is 1.91. The predicted octanol–water partition coefficient (Wildman–Crippen LogP) is 3.32. The first kappa shape index (κ1) is 14.7. The fraction of sp³-hybridized carbons (Fsp3) is 0.0667. The lowest BCUT2D eigenvalue weighted by Gasteiger charge is -1.97. The van der Waals surface area contributed by atoms with Crippen molar-refractivity contribution in [2.24, 2.45) is 10.2 Å². The third kappa shape index (κ3) is 3.15. The molecule has 3 rings (SSSR count). The van der Waals surface area contributed by atoms with E-state index < -0.39 is 9.84 Å². The summed E-state index contributed by atoms with van der Waals surface area (Å²) in [5, 5.41) is 10.4. The Morgan fingerprint density at radius 1 is 1.23 bits per heavy atom. The van der Waals surface area contributed by atoms with E-state index in [2.05, 4.69) is 10.2 Å². The lowest BCUT2D eigenvalue weighted by Crippen LogP contribution is -2.12. The van der Waals surface area contributed by atoms with Gasteiger partial charge in [0.25, 0.3) is 0 Å². The summed E-state index contributed by atoms with van der Waals surface area (Å²) in [5.41, 5.74) is 0.745. The zero-order valence-corrected chi connectivity index (χ0v) is 13.3. The van der Waals surface area contributed by atoms with E-state index in [1.54, 1.807) is 17.5 Å². The summed E-state index contributed by atoms with van der Waals surface area (Å²) in [4.78, 5) is 0.559. The summed E-state index contributed by atoms with van der Waals surface area (Å²) >= 11 is 1.30. The van der Waals surface area contributed by atoms with E-state index in [0.717, 1.165) is 17.2 Å². The molecule has 0 atom stereocenters. The molecule has 0 aliphatic heterocycles. The number of nitrogens with zero attached hydrogens (tertiary/aromatic N) is 2. The van der Waals surface area contributed by atoms with Crippen molar-refractivity contribution in [2.75, 3.05) is 6.26 Å². The molecule has 7 heteroatoms. The number of para-hydroxylation sites is 1. The lowest BCUT2D eigenvalue weighted by atomic mass is 10.2. The molecule has 0 aliphatic rings. The van der Waals surface area contributed by atoms with Crippen LogP contribution in [0, 0.1) is 0 Å². The number of rotatable bonds is 3. The topological polar surface area (TPSA) is 72.0 Å². The van der Waals surface area contributed by atoms with E-state index in [9.17, 15) is 8.42 Å². The maximum atomic E-state index is 11.8. The van der Waals surface area contributed by atoms with Crippen LogP contribution in [-0.4, -0.2) is 25.9 Å². The Morgan fingerprint density at radius 3 is 2.73 bits per heavy atom. The van der Waals surface area contributed by atoms with Gasteiger partial charge in [0.05, 0.1) is 11.1 Å². The monoisotopic (exact) mass is 332 g/mol. The van der Waals surface area contributed by atoms with Crippen molar-refractivity contribution in [3.63, 3.8) is 0 Å². The van der Waals surface area contributed by atoms with Crippen molar-refractivity contribution in [1.82, 2.24) is 0 Å². The standard InChI is InChI=1S/C15H12N2O3S2/c1-22(18,19)15(14-7-4-8-21-14)17-16-10-12-9-11-5-2-3-6-13(11)20-12/h2-10H,1H3/b16-10?,17-15-. The molecule has 22 heavy (non-hydrogen) atoms. The fourth-order valence-corrected chi connectivity index (χ4v) is 3.74. The number of fused-ring (bicyclic) bond motifs is 1. The molecule has 0 unspecified atom stereocenters. The quantitative estimate of drug-likeness (QED) is 0.419. The van der Waals surface area contributed by atoms with Crippen LogP contribution in [0.5, 0.6) is 0 Å². The van der Waals surface area contributed by atoms with Crippen molar-refractivity contribution in [1.29, 1.82) is 0 Å². The van der Waals surface area contributed by atoms with Crippen molar-refractivity contribution < 1.29 is 12.8 Å². The van der Waals surface area contributed by atoms with E-state index in [4.69, 9.17) is 4.42 Å². The van der Waals surface area contributed by atoms with Gasteiger partial charge >= 0.3 is 0 Å². The van der Waals surface area contributed by atoms with E-state index in [1.165, 1.54) is 17.6 Å². The smallest absolute Gasteiger partial charge is 0.196 e. The van der Waals surface area contributed by atoms with Gasteiger partial charge in [-0.05, 0) is 23.6 Å². The van der Waals surface area contributed by atoms with Gasteiger partial charge in [-0.3, -0.25) is 0 Å². The maximum Gasteiger partial charge on any atom is 0.196 e. The molecule has 0 saturated carbocycles. The van der Waals surface area contributed by atoms with Crippen LogP contribution in [0.2, 0.25) is 0 Å². The molecule has 0 fully saturated rings. The molecule has 3 aromatic rings. The van der Waals surface area contributed by atoms with Gasteiger partial charge in [0.2, 0.25) is 0 Å². The number of hydrogen-bond donors (Lipinski definition) is 0. The Kier molecular flexibility index (Phi) is 3.91. The third-order valence-corrected chi connectivity index (χ3v) is 4.87. The number of furan rings is 1. The summed E-state index contributed by atoms with van der Waals surface area (Å²) < 4.78 is 29.1. The van der Waals surface area contributed by atoms with Crippen LogP contribution in [0.15, 0.2) is 62.5 Å². The Hall–Kier alpha value is -2.25. The summed E-state index contributed by atoms with van der Waals surface area (Å²) in [6.45, 7) is 0. The van der Waals surface area contributed by atoms with Crippen LogP contribution >= 0.6 is 11.3 Å². The lowest BCUT2D eigenvalue weighted by molar-refractivity contribution is 0.607. The van der Waals surface area contributed by atoms with Crippen LogP contribution in [-0.2, 0) is 9.84 Å². The molecule has 2 heterocycles. The first-order chi connectivity index (χ1) is 10.5. The Morgan fingerprint density at radius 2 is 2.05 bits per heavy atom. The van der Waals surface area contributed by atoms with Crippen LogP contribution < -0.4 is 0 Å². The van der Waals surface area contributed by atoms with Crippen LogP contribution in [0.25, 0.3) is 11.0 Å². The molecule has 0 aliphatic carbocycles. The highest BCUT2D eigenvalue weighted by Gasteiger charge is 2.17. The minimum atomic E-state index is -3.45. The van der Waals surface area contributed by atoms with Crippen molar-refractivity contribution in [2.45, 2.75) is 0 Å². The van der Waals surface area contributed by atoms with Crippen molar-refractivity contribution in [3.8, 4) is 0 Å². The summed E-state index contributed by atoms with van der Waals surface area (Å²) in [5.74, 6) is 0.518. The molecule has 0 N–H and O–H groups in total. The van der Waals surface area contributed by atoms with E-state index in [-0.39, 0.29) is 5.04 Å². The number of sulfone groups is 1. The molecule has 0 radical (unpaired) electrons. The molecule has 1 aromatic carbocycles. The second kappa shape index (κ2) is 5.86. The largest absolute Gasteiger partial charge is 0.455 e. The van der Waals surface area contributed by atoms with Gasteiger partial charge in [0.1, 0.15) is 11.3 Å².